The molecule has 0 bridgehead atoms. The van der Waals surface area contributed by atoms with Gasteiger partial charge in [0.05, 0.1) is 18.1 Å². The number of carboxylic acids is 1. The second-order valence-electron chi connectivity index (χ2n) is 4.59. The smallest absolute Gasteiger partial charge is 0.433 e. The Morgan fingerprint density at radius 1 is 1.40 bits per heavy atom. The zero-order chi connectivity index (χ0) is 14.9. The Labute approximate surface area is 111 Å². The molecule has 0 spiro atoms. The zero-order valence-electron chi connectivity index (χ0n) is 10.1. The third-order valence-corrected chi connectivity index (χ3v) is 3.14. The molecule has 1 heterocycles. The first kappa shape index (κ1) is 14.5. The highest BCUT2D eigenvalue weighted by atomic mass is 19.4. The van der Waals surface area contributed by atoms with Gasteiger partial charge in [-0.3, -0.25) is 4.79 Å². The van der Waals surface area contributed by atoms with Crippen molar-refractivity contribution in [2.24, 2.45) is 5.92 Å². The number of alkyl halides is 3. The minimum atomic E-state index is -4.59. The maximum absolute atomic E-state index is 12.5. The fourth-order valence-electron chi connectivity index (χ4n) is 2.12. The molecule has 1 aromatic heterocycles. The highest BCUT2D eigenvalue weighted by molar-refractivity contribution is 5.70. The Morgan fingerprint density at radius 2 is 2.10 bits per heavy atom. The first-order valence-corrected chi connectivity index (χ1v) is 5.85. The first-order chi connectivity index (χ1) is 9.27. The number of aliphatic carboxylic acids is 1. The van der Waals surface area contributed by atoms with Gasteiger partial charge in [0, 0.05) is 6.20 Å². The van der Waals surface area contributed by atoms with Crippen LogP contribution in [0.15, 0.2) is 12.3 Å². The maximum atomic E-state index is 12.5. The summed E-state index contributed by atoms with van der Waals surface area (Å²) in [5.41, 5.74) is -1.10. The highest BCUT2D eigenvalue weighted by Gasteiger charge is 2.38. The maximum Gasteiger partial charge on any atom is 0.433 e. The van der Waals surface area contributed by atoms with Gasteiger partial charge >= 0.3 is 12.1 Å². The van der Waals surface area contributed by atoms with Gasteiger partial charge in [0.15, 0.2) is 0 Å². The number of rotatable bonds is 3. The summed E-state index contributed by atoms with van der Waals surface area (Å²) < 4.78 is 37.4. The molecule has 1 aliphatic rings. The van der Waals surface area contributed by atoms with E-state index in [0.717, 1.165) is 12.3 Å². The van der Waals surface area contributed by atoms with Crippen LogP contribution in [0.25, 0.3) is 0 Å². The van der Waals surface area contributed by atoms with E-state index >= 15 is 0 Å². The summed E-state index contributed by atoms with van der Waals surface area (Å²) in [5, 5.41) is 21.1. The van der Waals surface area contributed by atoms with Gasteiger partial charge in [-0.2, -0.15) is 13.2 Å². The quantitative estimate of drug-likeness (QED) is 0.772. The van der Waals surface area contributed by atoms with Gasteiger partial charge in [0.25, 0.3) is 0 Å². The summed E-state index contributed by atoms with van der Waals surface area (Å²) >= 11 is 0. The van der Waals surface area contributed by atoms with Crippen LogP contribution < -0.4 is 5.32 Å². The van der Waals surface area contributed by atoms with Gasteiger partial charge in [0.2, 0.25) is 5.95 Å². The van der Waals surface area contributed by atoms with Crippen LogP contribution in [-0.4, -0.2) is 38.3 Å². The van der Waals surface area contributed by atoms with Crippen molar-refractivity contribution < 1.29 is 28.2 Å². The average Bonchev–Trinajstić information content (AvgIpc) is 2.70. The summed E-state index contributed by atoms with van der Waals surface area (Å²) in [4.78, 5) is 17.8. The zero-order valence-corrected chi connectivity index (χ0v) is 10.1. The molecular formula is C11H12F3N3O3. The van der Waals surface area contributed by atoms with Crippen LogP contribution in [0.1, 0.15) is 18.5 Å². The number of hydrogen-bond donors (Lipinski definition) is 3. The van der Waals surface area contributed by atoms with Crippen LogP contribution in [0, 0.1) is 5.92 Å². The molecule has 6 nitrogen and oxygen atoms in total. The molecule has 20 heavy (non-hydrogen) atoms. The third kappa shape index (κ3) is 3.16. The molecule has 0 radical (unpaired) electrons. The lowest BCUT2D eigenvalue weighted by atomic mass is 10.1. The lowest BCUT2D eigenvalue weighted by Gasteiger charge is -2.16. The molecular weight excluding hydrogens is 279 g/mol. The van der Waals surface area contributed by atoms with E-state index in [4.69, 9.17) is 5.11 Å². The number of aliphatic hydroxyl groups is 1. The third-order valence-electron chi connectivity index (χ3n) is 3.14. The molecule has 1 aliphatic carbocycles. The number of aliphatic hydroxyl groups excluding tert-OH is 1. The molecule has 2 rings (SSSR count). The molecule has 3 unspecified atom stereocenters. The van der Waals surface area contributed by atoms with Crippen molar-refractivity contribution in [1.82, 2.24) is 9.97 Å². The second-order valence-corrected chi connectivity index (χ2v) is 4.59. The highest BCUT2D eigenvalue weighted by Crippen LogP contribution is 2.30. The number of carbonyl (C=O) groups is 1. The predicted octanol–water partition coefficient (Wildman–Crippen LogP) is 1.13. The molecule has 3 atom stereocenters. The molecule has 1 fully saturated rings. The van der Waals surface area contributed by atoms with Crippen LogP contribution in [0.3, 0.4) is 0 Å². The molecule has 110 valence electrons. The minimum absolute atomic E-state index is 0.0476. The molecule has 0 aromatic carbocycles. The van der Waals surface area contributed by atoms with E-state index < -0.39 is 35.9 Å². The molecule has 0 saturated heterocycles. The van der Waals surface area contributed by atoms with E-state index in [2.05, 4.69) is 15.3 Å². The molecule has 0 aliphatic heterocycles. The molecule has 1 aromatic rings. The number of anilines is 1. The second kappa shape index (κ2) is 5.23. The number of nitrogens with one attached hydrogen (secondary N) is 1. The molecule has 9 heteroatoms. The van der Waals surface area contributed by atoms with Crippen molar-refractivity contribution in [3.8, 4) is 0 Å². The Hall–Kier alpha value is -1.90. The van der Waals surface area contributed by atoms with Crippen molar-refractivity contribution >= 4 is 11.9 Å². The van der Waals surface area contributed by atoms with E-state index in [9.17, 15) is 23.1 Å². The normalized spacial score (nSPS) is 26.5. The Kier molecular flexibility index (Phi) is 3.80. The van der Waals surface area contributed by atoms with Crippen LogP contribution in [-0.2, 0) is 11.0 Å². The topological polar surface area (TPSA) is 95.3 Å². The van der Waals surface area contributed by atoms with Crippen LogP contribution in [0.2, 0.25) is 0 Å². The summed E-state index contributed by atoms with van der Waals surface area (Å²) in [6.45, 7) is 0. The van der Waals surface area contributed by atoms with E-state index in [-0.39, 0.29) is 18.8 Å². The van der Waals surface area contributed by atoms with Crippen molar-refractivity contribution in [3.63, 3.8) is 0 Å². The van der Waals surface area contributed by atoms with Crippen LogP contribution in [0.4, 0.5) is 19.1 Å². The van der Waals surface area contributed by atoms with Crippen LogP contribution in [0.5, 0.6) is 0 Å². The first-order valence-electron chi connectivity index (χ1n) is 5.85. The van der Waals surface area contributed by atoms with Crippen molar-refractivity contribution in [2.75, 3.05) is 5.32 Å². The van der Waals surface area contributed by atoms with Crippen molar-refractivity contribution in [1.29, 1.82) is 0 Å². The summed E-state index contributed by atoms with van der Waals surface area (Å²) in [7, 11) is 0. The van der Waals surface area contributed by atoms with Crippen molar-refractivity contribution in [2.45, 2.75) is 31.2 Å². The summed E-state index contributed by atoms with van der Waals surface area (Å²) in [5.74, 6) is -2.05. The van der Waals surface area contributed by atoms with Gasteiger partial charge < -0.3 is 15.5 Å². The van der Waals surface area contributed by atoms with Gasteiger partial charge in [-0.05, 0) is 18.9 Å². The summed E-state index contributed by atoms with van der Waals surface area (Å²) in [6.07, 6.45) is -4.44. The van der Waals surface area contributed by atoms with E-state index in [1.54, 1.807) is 0 Å². The number of halogens is 3. The Morgan fingerprint density at radius 3 is 2.65 bits per heavy atom. The largest absolute Gasteiger partial charge is 0.481 e. The van der Waals surface area contributed by atoms with Crippen LogP contribution >= 0.6 is 0 Å². The number of nitrogens with zero attached hydrogens (tertiary/aromatic N) is 2. The fourth-order valence-corrected chi connectivity index (χ4v) is 2.12. The standard InChI is InChI=1S/C11H12F3N3O3/c12-11(13,14)8-1-2-15-10(17-8)16-6-3-5(9(19)20)4-7(6)18/h1-2,5-7,18H,3-4H2,(H,19,20)(H,15,16,17). The lowest BCUT2D eigenvalue weighted by molar-refractivity contribution is -0.142. The fraction of sp³-hybridized carbons (Fsp3) is 0.545. The van der Waals surface area contributed by atoms with E-state index in [0.29, 0.717) is 0 Å². The minimum Gasteiger partial charge on any atom is -0.481 e. The molecule has 1 saturated carbocycles. The van der Waals surface area contributed by atoms with Gasteiger partial charge in [-0.1, -0.05) is 0 Å². The Balaban J connectivity index is 2.09. The number of carboxylic acid groups (broad SMARTS) is 1. The monoisotopic (exact) mass is 291 g/mol. The van der Waals surface area contributed by atoms with Gasteiger partial charge in [-0.25, -0.2) is 9.97 Å². The van der Waals surface area contributed by atoms with Crippen molar-refractivity contribution in [3.05, 3.63) is 18.0 Å². The average molecular weight is 291 g/mol. The summed E-state index contributed by atoms with van der Waals surface area (Å²) in [6, 6.07) is 0.0515. The number of aromatic nitrogens is 2. The Bertz CT molecular complexity index is 509. The molecule has 3 N–H and O–H groups in total. The van der Waals surface area contributed by atoms with Gasteiger partial charge in [-0.15, -0.1) is 0 Å². The number of hydrogen-bond acceptors (Lipinski definition) is 5. The SMILES string of the molecule is O=C(O)C1CC(O)C(Nc2nccc(C(F)(F)F)n2)C1. The molecule has 0 amide bonds. The van der Waals surface area contributed by atoms with E-state index in [1.165, 1.54) is 0 Å². The predicted molar refractivity (Wildman–Crippen MR) is 60.8 cm³/mol. The van der Waals surface area contributed by atoms with Gasteiger partial charge in [0.1, 0.15) is 5.69 Å². The lowest BCUT2D eigenvalue weighted by Crippen LogP contribution is -2.29. The van der Waals surface area contributed by atoms with E-state index in [1.807, 2.05) is 0 Å².